The van der Waals surface area contributed by atoms with Gasteiger partial charge in [-0.2, -0.15) is 0 Å². The van der Waals surface area contributed by atoms with E-state index in [0.29, 0.717) is 37.1 Å². The molecular weight excluding hydrogens is 604 g/mol. The molecule has 250 valence electrons. The van der Waals surface area contributed by atoms with Crippen molar-refractivity contribution >= 4 is 17.5 Å². The van der Waals surface area contributed by atoms with Crippen LogP contribution in [0.4, 0.5) is 4.79 Å². The zero-order valence-electron chi connectivity index (χ0n) is 27.4. The summed E-state index contributed by atoms with van der Waals surface area (Å²) in [6, 6.07) is 32.6. The Morgan fingerprint density at radius 1 is 0.583 bits per heavy atom. The highest BCUT2D eigenvalue weighted by Crippen LogP contribution is 2.30. The standard InChI is InChI=1S/C39H44N4O5/c1-3-33(40-47)31-19-11-17-29(21-31)25-42-35(23-27-13-7-5-8-14-27)37(44)38(45)36(24-28-15-9-6-10-16-28)43(39(42)46)26-30-18-12-20-32(22-30)34(4-2)41-48/h5-22,35-38,44-45,47-48H,3-4,23-26H2,1-2H3/t35-,36-,37+,38+/m1/s1. The molecule has 4 aromatic carbocycles. The van der Waals surface area contributed by atoms with E-state index in [4.69, 9.17) is 0 Å². The van der Waals surface area contributed by atoms with Crippen LogP contribution in [0.25, 0.3) is 0 Å². The molecule has 9 heteroatoms. The Hall–Kier alpha value is -4.99. The van der Waals surface area contributed by atoms with Gasteiger partial charge in [-0.25, -0.2) is 4.79 Å². The first-order valence-corrected chi connectivity index (χ1v) is 16.5. The number of nitrogens with zero attached hydrogens (tertiary/aromatic N) is 4. The molecule has 4 N–H and O–H groups in total. The number of carbonyl (C=O) groups excluding carboxylic acids is 1. The smallest absolute Gasteiger partial charge is 0.321 e. The van der Waals surface area contributed by atoms with E-state index in [9.17, 15) is 20.6 Å². The highest BCUT2D eigenvalue weighted by Gasteiger charge is 2.46. The Morgan fingerprint density at radius 2 is 0.958 bits per heavy atom. The molecule has 0 spiro atoms. The van der Waals surface area contributed by atoms with Gasteiger partial charge in [-0.15, -0.1) is 0 Å². The summed E-state index contributed by atoms with van der Waals surface area (Å²) in [5.41, 5.74) is 5.99. The summed E-state index contributed by atoms with van der Waals surface area (Å²) in [7, 11) is 0. The monoisotopic (exact) mass is 648 g/mol. The van der Waals surface area contributed by atoms with Crippen LogP contribution in [0.2, 0.25) is 0 Å². The molecule has 9 nitrogen and oxygen atoms in total. The number of aliphatic hydroxyl groups is 2. The van der Waals surface area contributed by atoms with Gasteiger partial charge in [0.1, 0.15) is 12.2 Å². The molecule has 0 aliphatic carbocycles. The van der Waals surface area contributed by atoms with Crippen LogP contribution in [0.1, 0.15) is 60.1 Å². The second kappa shape index (κ2) is 16.2. The molecule has 2 amide bonds. The van der Waals surface area contributed by atoms with Gasteiger partial charge >= 0.3 is 6.03 Å². The van der Waals surface area contributed by atoms with E-state index in [2.05, 4.69) is 10.3 Å². The van der Waals surface area contributed by atoms with Crippen molar-refractivity contribution in [3.63, 3.8) is 0 Å². The maximum Gasteiger partial charge on any atom is 0.321 e. The molecule has 0 bridgehead atoms. The fourth-order valence-electron chi connectivity index (χ4n) is 6.57. The highest BCUT2D eigenvalue weighted by molar-refractivity contribution is 6.00. The second-order valence-electron chi connectivity index (χ2n) is 12.2. The summed E-state index contributed by atoms with van der Waals surface area (Å²) >= 11 is 0. The number of oxime groups is 2. The van der Waals surface area contributed by atoms with Crippen LogP contribution >= 0.6 is 0 Å². The lowest BCUT2D eigenvalue weighted by molar-refractivity contribution is -0.0408. The molecular formula is C39H44N4O5. The van der Waals surface area contributed by atoms with Gasteiger partial charge in [0.05, 0.1) is 23.5 Å². The number of urea groups is 1. The molecule has 0 unspecified atom stereocenters. The summed E-state index contributed by atoms with van der Waals surface area (Å²) in [4.78, 5) is 18.4. The molecule has 1 fully saturated rings. The van der Waals surface area contributed by atoms with Crippen molar-refractivity contribution in [2.75, 3.05) is 0 Å². The lowest BCUT2D eigenvalue weighted by Crippen LogP contribution is -2.50. The molecule has 1 heterocycles. The molecule has 4 atom stereocenters. The van der Waals surface area contributed by atoms with Gasteiger partial charge in [0.2, 0.25) is 0 Å². The van der Waals surface area contributed by atoms with Crippen LogP contribution in [-0.2, 0) is 25.9 Å². The molecule has 0 saturated carbocycles. The summed E-state index contributed by atoms with van der Waals surface area (Å²) < 4.78 is 0. The number of hydrogen-bond acceptors (Lipinski definition) is 7. The molecule has 1 aliphatic rings. The minimum atomic E-state index is -1.26. The van der Waals surface area contributed by atoms with Gasteiger partial charge in [-0.05, 0) is 71.2 Å². The van der Waals surface area contributed by atoms with Crippen molar-refractivity contribution in [2.24, 2.45) is 10.3 Å². The first kappa shape index (κ1) is 34.3. The minimum absolute atomic E-state index is 0.155. The fraction of sp³-hybridized carbons (Fsp3) is 0.308. The van der Waals surface area contributed by atoms with Crippen molar-refractivity contribution in [3.05, 3.63) is 143 Å². The van der Waals surface area contributed by atoms with Crippen molar-refractivity contribution < 1.29 is 25.4 Å². The van der Waals surface area contributed by atoms with Gasteiger partial charge in [0, 0.05) is 13.1 Å². The van der Waals surface area contributed by atoms with Crippen LogP contribution in [0, 0.1) is 0 Å². The van der Waals surface area contributed by atoms with Crippen LogP contribution in [-0.4, -0.2) is 72.2 Å². The van der Waals surface area contributed by atoms with Crippen molar-refractivity contribution in [3.8, 4) is 0 Å². The molecule has 0 aromatic heterocycles. The number of carbonyl (C=O) groups is 1. The van der Waals surface area contributed by atoms with E-state index in [1.54, 1.807) is 9.80 Å². The number of rotatable bonds is 12. The topological polar surface area (TPSA) is 129 Å². The number of aliphatic hydroxyl groups excluding tert-OH is 2. The predicted molar refractivity (Wildman–Crippen MR) is 186 cm³/mol. The molecule has 1 aliphatic heterocycles. The third-order valence-electron chi connectivity index (χ3n) is 9.14. The predicted octanol–water partition coefficient (Wildman–Crippen LogP) is 6.25. The number of benzene rings is 4. The number of hydrogen-bond donors (Lipinski definition) is 4. The highest BCUT2D eigenvalue weighted by atomic mass is 16.4. The van der Waals surface area contributed by atoms with Gasteiger partial charge in [-0.1, -0.05) is 121 Å². The van der Waals surface area contributed by atoms with E-state index in [1.165, 1.54) is 0 Å². The molecule has 48 heavy (non-hydrogen) atoms. The zero-order chi connectivity index (χ0) is 34.0. The van der Waals surface area contributed by atoms with Crippen LogP contribution in [0.3, 0.4) is 0 Å². The maximum atomic E-state index is 15.0. The molecule has 4 aromatic rings. The van der Waals surface area contributed by atoms with Gasteiger partial charge in [-0.3, -0.25) is 0 Å². The lowest BCUT2D eigenvalue weighted by Gasteiger charge is -2.36. The zero-order valence-corrected chi connectivity index (χ0v) is 27.4. The Labute approximate surface area is 282 Å². The van der Waals surface area contributed by atoms with Gasteiger partial charge in [0.25, 0.3) is 0 Å². The van der Waals surface area contributed by atoms with E-state index < -0.39 is 24.3 Å². The van der Waals surface area contributed by atoms with Crippen molar-refractivity contribution in [1.29, 1.82) is 0 Å². The maximum absolute atomic E-state index is 15.0. The van der Waals surface area contributed by atoms with Crippen molar-refractivity contribution in [2.45, 2.75) is 76.9 Å². The first-order chi connectivity index (χ1) is 23.4. The normalized spacial score (nSPS) is 20.5. The molecule has 5 rings (SSSR count). The molecule has 1 saturated heterocycles. The Kier molecular flexibility index (Phi) is 11.6. The van der Waals surface area contributed by atoms with Gasteiger partial charge in [0.15, 0.2) is 0 Å². The molecule has 0 radical (unpaired) electrons. The van der Waals surface area contributed by atoms with Crippen molar-refractivity contribution in [1.82, 2.24) is 9.80 Å². The Bertz CT molecular complexity index is 1590. The van der Waals surface area contributed by atoms with Crippen LogP contribution in [0.15, 0.2) is 120 Å². The number of amides is 2. The lowest BCUT2D eigenvalue weighted by atomic mass is 9.90. The first-order valence-electron chi connectivity index (χ1n) is 16.5. The Morgan fingerprint density at radius 3 is 1.31 bits per heavy atom. The Balaban J connectivity index is 1.61. The SMILES string of the molecule is CCC(=NO)c1cccc(CN2C(=O)N(Cc3cccc(C(CC)=NO)c3)[C@H](Cc3ccccc3)[C@H](O)[C@@H](O)[C@H]2Cc2ccccc2)c1. The summed E-state index contributed by atoms with van der Waals surface area (Å²) in [6.07, 6.45) is -0.812. The minimum Gasteiger partial charge on any atom is -0.411 e. The average molecular weight is 649 g/mol. The van der Waals surface area contributed by atoms with E-state index >= 15 is 4.79 Å². The van der Waals surface area contributed by atoms with E-state index in [-0.39, 0.29) is 19.1 Å². The summed E-state index contributed by atoms with van der Waals surface area (Å²) in [5, 5.41) is 50.1. The third-order valence-corrected chi connectivity index (χ3v) is 9.14. The largest absolute Gasteiger partial charge is 0.411 e. The van der Waals surface area contributed by atoms with E-state index in [1.807, 2.05) is 123 Å². The fourth-order valence-corrected chi connectivity index (χ4v) is 6.57. The second-order valence-corrected chi connectivity index (χ2v) is 12.2. The quantitative estimate of drug-likeness (QED) is 0.0821. The van der Waals surface area contributed by atoms with Crippen LogP contribution < -0.4 is 0 Å². The van der Waals surface area contributed by atoms with Crippen LogP contribution in [0.5, 0.6) is 0 Å². The van der Waals surface area contributed by atoms with Gasteiger partial charge < -0.3 is 30.4 Å². The third kappa shape index (κ3) is 7.93. The summed E-state index contributed by atoms with van der Waals surface area (Å²) in [6.45, 7) is 4.12. The van der Waals surface area contributed by atoms with E-state index in [0.717, 1.165) is 33.4 Å². The summed E-state index contributed by atoms with van der Waals surface area (Å²) in [5.74, 6) is 0. The average Bonchev–Trinajstić information content (AvgIpc) is 3.18.